The molecule has 3 aromatic rings. The van der Waals surface area contributed by atoms with Crippen LogP contribution in [0.3, 0.4) is 0 Å². The number of ether oxygens (including phenoxy) is 2. The second-order valence-electron chi connectivity index (χ2n) is 7.67. The molecule has 1 amide bonds. The highest BCUT2D eigenvalue weighted by atomic mass is 16.5. The molecule has 1 atom stereocenters. The molecular formula is C27H25NO5. The third kappa shape index (κ3) is 3.96. The number of aliphatic hydroxyl groups is 1. The average molecular weight is 443 g/mol. The number of carbonyl (C=O) groups is 2. The summed E-state index contributed by atoms with van der Waals surface area (Å²) in [4.78, 5) is 27.9. The molecule has 1 heterocycles. The number of benzene rings is 3. The largest absolute Gasteiger partial charge is 0.507 e. The minimum absolute atomic E-state index is 0.00855. The molecule has 1 fully saturated rings. The van der Waals surface area contributed by atoms with Crippen molar-refractivity contribution in [3.05, 3.63) is 95.1 Å². The fourth-order valence-corrected chi connectivity index (χ4v) is 4.08. The number of anilines is 1. The molecule has 168 valence electrons. The van der Waals surface area contributed by atoms with Gasteiger partial charge in [0.2, 0.25) is 0 Å². The number of hydrogen-bond donors (Lipinski definition) is 1. The molecule has 0 aliphatic carbocycles. The highest BCUT2D eigenvalue weighted by Crippen LogP contribution is 2.43. The van der Waals surface area contributed by atoms with Gasteiger partial charge in [0.25, 0.3) is 11.7 Å². The molecule has 3 aromatic carbocycles. The van der Waals surface area contributed by atoms with E-state index < -0.39 is 17.7 Å². The SMILES string of the molecule is CCc1ccc(N2C(=O)C(=O)/C(=C(\O)c3ccc(OC)cc3OC)C2c2ccccc2)cc1. The van der Waals surface area contributed by atoms with Gasteiger partial charge in [-0.3, -0.25) is 14.5 Å². The van der Waals surface area contributed by atoms with E-state index in [2.05, 4.69) is 0 Å². The fourth-order valence-electron chi connectivity index (χ4n) is 4.08. The van der Waals surface area contributed by atoms with E-state index in [1.165, 1.54) is 19.1 Å². The van der Waals surface area contributed by atoms with Gasteiger partial charge in [-0.05, 0) is 41.8 Å². The number of hydrogen-bond acceptors (Lipinski definition) is 5. The van der Waals surface area contributed by atoms with E-state index in [0.29, 0.717) is 28.3 Å². The summed E-state index contributed by atoms with van der Waals surface area (Å²) in [7, 11) is 2.99. The van der Waals surface area contributed by atoms with Crippen molar-refractivity contribution in [1.82, 2.24) is 0 Å². The number of nitrogens with zero attached hydrogens (tertiary/aromatic N) is 1. The Hall–Kier alpha value is -4.06. The molecule has 1 N–H and O–H groups in total. The number of aliphatic hydroxyl groups excluding tert-OH is 1. The molecule has 6 nitrogen and oxygen atoms in total. The molecule has 0 radical (unpaired) electrons. The Morgan fingerprint density at radius 2 is 1.64 bits per heavy atom. The predicted octanol–water partition coefficient (Wildman–Crippen LogP) is 4.89. The van der Waals surface area contributed by atoms with Crippen molar-refractivity contribution in [3.63, 3.8) is 0 Å². The van der Waals surface area contributed by atoms with Gasteiger partial charge >= 0.3 is 0 Å². The zero-order valence-corrected chi connectivity index (χ0v) is 18.7. The number of aryl methyl sites for hydroxylation is 1. The third-order valence-electron chi connectivity index (χ3n) is 5.85. The number of carbonyl (C=O) groups excluding carboxylic acids is 2. The molecule has 1 aliphatic rings. The van der Waals surface area contributed by atoms with Gasteiger partial charge in [-0.1, -0.05) is 49.4 Å². The Labute approximate surface area is 192 Å². The summed E-state index contributed by atoms with van der Waals surface area (Å²) in [6.07, 6.45) is 0.860. The lowest BCUT2D eigenvalue weighted by Gasteiger charge is -2.25. The smallest absolute Gasteiger partial charge is 0.300 e. The van der Waals surface area contributed by atoms with Crippen LogP contribution in [0.15, 0.2) is 78.4 Å². The summed E-state index contributed by atoms with van der Waals surface area (Å²) in [5, 5.41) is 11.3. The molecule has 6 heteroatoms. The molecule has 4 rings (SSSR count). The molecule has 0 aromatic heterocycles. The first-order chi connectivity index (χ1) is 16.0. The van der Waals surface area contributed by atoms with Gasteiger partial charge in [-0.15, -0.1) is 0 Å². The molecule has 33 heavy (non-hydrogen) atoms. The first kappa shape index (κ1) is 22.1. The molecule has 1 aliphatic heterocycles. The van der Waals surface area contributed by atoms with Gasteiger partial charge in [-0.25, -0.2) is 0 Å². The maximum absolute atomic E-state index is 13.3. The molecule has 0 spiro atoms. The van der Waals surface area contributed by atoms with Gasteiger partial charge in [0.05, 0.1) is 31.4 Å². The zero-order valence-electron chi connectivity index (χ0n) is 18.7. The van der Waals surface area contributed by atoms with E-state index in [1.807, 2.05) is 61.5 Å². The average Bonchev–Trinajstić information content (AvgIpc) is 3.14. The topological polar surface area (TPSA) is 76.1 Å². The summed E-state index contributed by atoms with van der Waals surface area (Å²) in [5.41, 5.74) is 2.73. The van der Waals surface area contributed by atoms with Crippen LogP contribution >= 0.6 is 0 Å². The first-order valence-electron chi connectivity index (χ1n) is 10.7. The van der Waals surface area contributed by atoms with Gasteiger partial charge in [0, 0.05) is 11.8 Å². The van der Waals surface area contributed by atoms with Crippen molar-refractivity contribution in [2.45, 2.75) is 19.4 Å². The zero-order chi connectivity index (χ0) is 23.5. The molecule has 1 saturated heterocycles. The number of rotatable bonds is 6. The van der Waals surface area contributed by atoms with Crippen LogP contribution in [0, 0.1) is 0 Å². The lowest BCUT2D eigenvalue weighted by atomic mass is 9.94. The van der Waals surface area contributed by atoms with E-state index in [9.17, 15) is 14.7 Å². The number of amides is 1. The Morgan fingerprint density at radius 1 is 0.939 bits per heavy atom. The second-order valence-corrected chi connectivity index (χ2v) is 7.67. The van der Waals surface area contributed by atoms with Crippen molar-refractivity contribution in [2.24, 2.45) is 0 Å². The lowest BCUT2D eigenvalue weighted by Crippen LogP contribution is -2.29. The molecule has 1 unspecified atom stereocenters. The summed E-state index contributed by atoms with van der Waals surface area (Å²) in [6.45, 7) is 2.05. The molecule has 0 saturated carbocycles. The second kappa shape index (κ2) is 9.20. The van der Waals surface area contributed by atoms with Gasteiger partial charge in [-0.2, -0.15) is 0 Å². The predicted molar refractivity (Wildman–Crippen MR) is 127 cm³/mol. The molecule has 0 bridgehead atoms. The van der Waals surface area contributed by atoms with E-state index >= 15 is 0 Å². The van der Waals surface area contributed by atoms with Crippen molar-refractivity contribution in [1.29, 1.82) is 0 Å². The van der Waals surface area contributed by atoms with E-state index in [0.717, 1.165) is 12.0 Å². The fraction of sp³-hybridized carbons (Fsp3) is 0.185. The lowest BCUT2D eigenvalue weighted by molar-refractivity contribution is -0.132. The number of ketones is 1. The monoisotopic (exact) mass is 443 g/mol. The van der Waals surface area contributed by atoms with Crippen molar-refractivity contribution >= 4 is 23.1 Å². The van der Waals surface area contributed by atoms with Crippen molar-refractivity contribution < 1.29 is 24.2 Å². The quantitative estimate of drug-likeness (QED) is 0.333. The standard InChI is InChI=1S/C27H25NO5/c1-4-17-10-12-19(13-11-17)28-24(18-8-6-5-7-9-18)23(26(30)27(28)31)25(29)21-15-14-20(32-2)16-22(21)33-3/h5-16,24,29H,4H2,1-3H3/b25-23-. The highest BCUT2D eigenvalue weighted by molar-refractivity contribution is 6.51. The summed E-state index contributed by atoms with van der Waals surface area (Å²) in [6, 6.07) is 20.8. The number of Topliss-reactive ketones (excluding diaryl/α,β-unsaturated/α-hetero) is 1. The van der Waals surface area contributed by atoms with E-state index in [4.69, 9.17) is 9.47 Å². The van der Waals surface area contributed by atoms with Crippen LogP contribution in [-0.4, -0.2) is 31.0 Å². The van der Waals surface area contributed by atoms with Gasteiger partial charge in [0.1, 0.15) is 17.3 Å². The summed E-state index contributed by atoms with van der Waals surface area (Å²) in [5.74, 6) is -0.869. The van der Waals surface area contributed by atoms with Crippen LogP contribution in [0.4, 0.5) is 5.69 Å². The first-order valence-corrected chi connectivity index (χ1v) is 10.7. The van der Waals surface area contributed by atoms with E-state index in [1.54, 1.807) is 18.2 Å². The normalized spacial score (nSPS) is 17.3. The van der Waals surface area contributed by atoms with Crippen LogP contribution in [-0.2, 0) is 16.0 Å². The summed E-state index contributed by atoms with van der Waals surface area (Å²) < 4.78 is 10.7. The maximum Gasteiger partial charge on any atom is 0.300 e. The minimum atomic E-state index is -0.787. The van der Waals surface area contributed by atoms with Crippen LogP contribution < -0.4 is 14.4 Å². The van der Waals surface area contributed by atoms with E-state index in [-0.39, 0.29) is 11.3 Å². The van der Waals surface area contributed by atoms with Crippen LogP contribution in [0.5, 0.6) is 11.5 Å². The Bertz CT molecular complexity index is 1220. The van der Waals surface area contributed by atoms with Crippen molar-refractivity contribution in [3.8, 4) is 11.5 Å². The van der Waals surface area contributed by atoms with Crippen LogP contribution in [0.2, 0.25) is 0 Å². The van der Waals surface area contributed by atoms with Crippen LogP contribution in [0.1, 0.15) is 29.7 Å². The van der Waals surface area contributed by atoms with Crippen molar-refractivity contribution in [2.75, 3.05) is 19.1 Å². The third-order valence-corrected chi connectivity index (χ3v) is 5.85. The number of methoxy groups -OCH3 is 2. The Kier molecular flexibility index (Phi) is 6.18. The van der Waals surface area contributed by atoms with Gasteiger partial charge < -0.3 is 14.6 Å². The minimum Gasteiger partial charge on any atom is -0.507 e. The van der Waals surface area contributed by atoms with Crippen LogP contribution in [0.25, 0.3) is 5.76 Å². The summed E-state index contributed by atoms with van der Waals surface area (Å²) >= 11 is 0. The van der Waals surface area contributed by atoms with Gasteiger partial charge in [0.15, 0.2) is 0 Å². The Morgan fingerprint density at radius 3 is 2.24 bits per heavy atom. The Balaban J connectivity index is 1.93. The molecular weight excluding hydrogens is 418 g/mol. The maximum atomic E-state index is 13.3. The highest BCUT2D eigenvalue weighted by Gasteiger charge is 2.47.